The molecule has 0 aliphatic carbocycles. The lowest BCUT2D eigenvalue weighted by molar-refractivity contribution is -0.223. The van der Waals surface area contributed by atoms with E-state index in [0.29, 0.717) is 38.5 Å². The van der Waals surface area contributed by atoms with Crippen LogP contribution in [0, 0.1) is 0 Å². The zero-order valence-corrected chi connectivity index (χ0v) is 62.9. The van der Waals surface area contributed by atoms with E-state index in [4.69, 9.17) is 4.74 Å². The minimum Gasteiger partial charge on any atom is -0.389 e. The number of hydrogen-bond donors (Lipinski definition) is 4. The Morgan fingerprint density at radius 3 is 0.429 bits per heavy atom. The molecule has 0 saturated carbocycles. The van der Waals surface area contributed by atoms with Crippen molar-refractivity contribution in [2.45, 2.75) is 526 Å². The van der Waals surface area contributed by atoms with Crippen LogP contribution in [0.5, 0.6) is 0 Å². The van der Waals surface area contributed by atoms with Crippen molar-refractivity contribution in [3.05, 3.63) is 0 Å². The highest BCUT2D eigenvalue weighted by Gasteiger charge is 2.59. The summed E-state index contributed by atoms with van der Waals surface area (Å²) >= 11 is 0. The van der Waals surface area contributed by atoms with Gasteiger partial charge in [0.1, 0.15) is 11.2 Å². The molecule has 0 amide bonds. The highest BCUT2D eigenvalue weighted by Crippen LogP contribution is 2.42. The number of unbranched alkanes of at least 4 members (excludes halogenated alkanes) is 60. The molecule has 2 atom stereocenters. The SMILES string of the molecule is CCCCCCCCCCCCCC(O)(CCCCCCCCCCCCC)C(O)(CCCCCCCCCCCCC)C(=O)OC(=O)C(O)(CCCCCCCCCCCCC)C(O)(CCCCCCCCCCCCC)CCCCCCCCCCCCC. The number of hydrogen-bond acceptors (Lipinski definition) is 7. The first-order chi connectivity index (χ1) is 44.4. The quantitative estimate of drug-likeness (QED) is 0.0272. The molecule has 0 radical (unpaired) electrons. The van der Waals surface area contributed by atoms with E-state index in [1.165, 1.54) is 270 Å². The Labute approximate surface area is 570 Å². The van der Waals surface area contributed by atoms with Crippen molar-refractivity contribution >= 4 is 11.9 Å². The second kappa shape index (κ2) is 66.2. The van der Waals surface area contributed by atoms with E-state index in [2.05, 4.69) is 41.5 Å². The average Bonchev–Trinajstić information content (AvgIpc) is 0.845. The van der Waals surface area contributed by atoms with Crippen LogP contribution >= 0.6 is 0 Å². The van der Waals surface area contributed by atoms with Crippen molar-refractivity contribution in [1.29, 1.82) is 0 Å². The summed E-state index contributed by atoms with van der Waals surface area (Å²) in [6.45, 7) is 13.6. The third-order valence-corrected chi connectivity index (χ3v) is 21.5. The molecule has 7 heteroatoms. The highest BCUT2D eigenvalue weighted by atomic mass is 16.6. The molecule has 0 bridgehead atoms. The molecule has 0 aromatic rings. The molecule has 0 heterocycles. The van der Waals surface area contributed by atoms with Gasteiger partial charge in [-0.15, -0.1) is 0 Å². The van der Waals surface area contributed by atoms with Crippen LogP contribution in [0.4, 0.5) is 0 Å². The molecule has 0 rings (SSSR count). The van der Waals surface area contributed by atoms with Gasteiger partial charge in [0.25, 0.3) is 0 Å². The summed E-state index contributed by atoms with van der Waals surface area (Å²) in [5, 5.41) is 53.4. The predicted octanol–water partition coefficient (Wildman–Crippen LogP) is 27.2. The zero-order chi connectivity index (χ0) is 66.8. The molecule has 4 N–H and O–H groups in total. The van der Waals surface area contributed by atoms with Crippen molar-refractivity contribution in [2.24, 2.45) is 0 Å². The van der Waals surface area contributed by atoms with E-state index in [9.17, 15) is 20.4 Å². The Kier molecular flexibility index (Phi) is 65.5. The fraction of sp³-hybridized carbons (Fsp3) is 0.976. The van der Waals surface area contributed by atoms with Gasteiger partial charge in [0.15, 0.2) is 11.2 Å². The zero-order valence-electron chi connectivity index (χ0n) is 62.9. The number of carbonyl (C=O) groups is 2. The summed E-state index contributed by atoms with van der Waals surface area (Å²) in [6.07, 6.45) is 76.5. The Morgan fingerprint density at radius 1 is 0.187 bits per heavy atom. The number of ether oxygens (including phenoxy) is 1. The molecular weight excluding hydrogens is 1120 g/mol. The van der Waals surface area contributed by atoms with Gasteiger partial charge in [-0.3, -0.25) is 0 Å². The monoisotopic (exact) mass is 1290 g/mol. The molecule has 91 heavy (non-hydrogen) atoms. The van der Waals surface area contributed by atoms with Gasteiger partial charge in [-0.05, 0) is 51.4 Å². The van der Waals surface area contributed by atoms with Crippen LogP contribution in [0.15, 0.2) is 0 Å². The fourth-order valence-electron chi connectivity index (χ4n) is 14.8. The van der Waals surface area contributed by atoms with Crippen molar-refractivity contribution in [3.63, 3.8) is 0 Å². The van der Waals surface area contributed by atoms with Gasteiger partial charge in [-0.2, -0.15) is 0 Å². The third kappa shape index (κ3) is 49.2. The van der Waals surface area contributed by atoms with Crippen LogP contribution in [0.25, 0.3) is 0 Å². The first kappa shape index (κ1) is 90.0. The van der Waals surface area contributed by atoms with Crippen LogP contribution in [0.3, 0.4) is 0 Å². The number of esters is 2. The maximum atomic E-state index is 15.4. The predicted molar refractivity (Wildman–Crippen MR) is 397 cm³/mol. The van der Waals surface area contributed by atoms with E-state index in [-0.39, 0.29) is 38.5 Å². The van der Waals surface area contributed by atoms with Crippen molar-refractivity contribution < 1.29 is 34.8 Å². The largest absolute Gasteiger partial charge is 0.389 e. The summed E-state index contributed by atoms with van der Waals surface area (Å²) in [5.74, 6) is -2.25. The lowest BCUT2D eigenvalue weighted by Crippen LogP contribution is -2.64. The smallest absolute Gasteiger partial charge is 0.348 e. The molecule has 0 spiro atoms. The molecule has 7 nitrogen and oxygen atoms in total. The normalized spacial score (nSPS) is 13.5. The highest BCUT2D eigenvalue weighted by molar-refractivity contribution is 5.95. The maximum absolute atomic E-state index is 15.4. The summed E-state index contributed by atoms with van der Waals surface area (Å²) in [6, 6.07) is 0. The standard InChI is InChI=1S/C84H166O7/c1-7-13-19-25-31-37-43-49-55-61-67-73-81(87,74-68-62-56-50-44-38-32-26-20-14-8-2)83(89,77-71-65-59-53-47-41-35-29-23-17-11-5)79(85)91-80(86)84(90,78-72-66-60-54-48-42-36-30-24-18-12-6)82(88,75-69-63-57-51-45-39-33-27-21-15-9-3)76-70-64-58-52-46-40-34-28-22-16-10-4/h87-90H,7-78H2,1-6H3. The fourth-order valence-corrected chi connectivity index (χ4v) is 14.8. The molecule has 0 aliphatic rings. The summed E-state index contributed by atoms with van der Waals surface area (Å²) in [5.41, 5.74) is -8.31. The maximum Gasteiger partial charge on any atom is 0.348 e. The topological polar surface area (TPSA) is 124 Å². The van der Waals surface area contributed by atoms with Crippen LogP contribution in [-0.2, 0) is 14.3 Å². The molecular formula is C84H166O7. The second-order valence-electron chi connectivity index (χ2n) is 30.2. The van der Waals surface area contributed by atoms with E-state index < -0.39 is 34.3 Å². The van der Waals surface area contributed by atoms with Gasteiger partial charge >= 0.3 is 11.9 Å². The number of aliphatic hydroxyl groups is 4. The third-order valence-electron chi connectivity index (χ3n) is 21.5. The molecule has 0 aromatic heterocycles. The first-order valence-corrected chi connectivity index (χ1v) is 42.1. The Morgan fingerprint density at radius 2 is 0.297 bits per heavy atom. The van der Waals surface area contributed by atoms with Gasteiger partial charge < -0.3 is 25.2 Å². The van der Waals surface area contributed by atoms with E-state index >= 15 is 9.59 Å². The molecule has 544 valence electrons. The van der Waals surface area contributed by atoms with Crippen molar-refractivity contribution in [1.82, 2.24) is 0 Å². The molecule has 2 unspecified atom stereocenters. The van der Waals surface area contributed by atoms with Crippen LogP contribution in [0.2, 0.25) is 0 Å². The lowest BCUT2D eigenvalue weighted by Gasteiger charge is -2.44. The summed E-state index contributed by atoms with van der Waals surface area (Å²) in [7, 11) is 0. The lowest BCUT2D eigenvalue weighted by atomic mass is 9.71. The second-order valence-corrected chi connectivity index (χ2v) is 30.2. The molecule has 0 saturated heterocycles. The van der Waals surface area contributed by atoms with Crippen LogP contribution in [-0.4, -0.2) is 54.8 Å². The van der Waals surface area contributed by atoms with Gasteiger partial charge in [-0.25, -0.2) is 9.59 Å². The molecule has 0 aromatic carbocycles. The number of rotatable bonds is 76. The van der Waals surface area contributed by atoms with Gasteiger partial charge in [0.2, 0.25) is 0 Å². The van der Waals surface area contributed by atoms with Gasteiger partial charge in [0.05, 0.1) is 0 Å². The van der Waals surface area contributed by atoms with E-state index in [1.54, 1.807) is 0 Å². The average molecular weight is 1290 g/mol. The van der Waals surface area contributed by atoms with Gasteiger partial charge in [-0.1, -0.05) is 452 Å². The van der Waals surface area contributed by atoms with Crippen molar-refractivity contribution in [2.75, 3.05) is 0 Å². The van der Waals surface area contributed by atoms with E-state index in [0.717, 1.165) is 116 Å². The van der Waals surface area contributed by atoms with E-state index in [1.807, 2.05) is 0 Å². The first-order valence-electron chi connectivity index (χ1n) is 42.1. The Bertz CT molecular complexity index is 1340. The summed E-state index contributed by atoms with van der Waals surface area (Å²) in [4.78, 5) is 30.9. The Balaban J connectivity index is 7.09. The van der Waals surface area contributed by atoms with Crippen LogP contribution in [0.1, 0.15) is 504 Å². The van der Waals surface area contributed by atoms with Crippen molar-refractivity contribution in [3.8, 4) is 0 Å². The minimum absolute atomic E-state index is 0.00146. The minimum atomic E-state index is -2.35. The van der Waals surface area contributed by atoms with Gasteiger partial charge in [0, 0.05) is 0 Å². The molecule has 0 fully saturated rings. The number of carbonyl (C=O) groups excluding carboxylic acids is 2. The Hall–Kier alpha value is -1.02. The molecule has 0 aliphatic heterocycles. The summed E-state index contributed by atoms with van der Waals surface area (Å²) < 4.78 is 6.10. The van der Waals surface area contributed by atoms with Crippen LogP contribution < -0.4 is 0 Å².